The van der Waals surface area contributed by atoms with Crippen LogP contribution in [-0.2, 0) is 4.79 Å². The SMILES string of the molecule is COc1ccccc1-n1c(SCC(=O)N(C)C2(C#N)CCCCC2)nc2ccccc2c1=O. The van der Waals surface area contributed by atoms with Crippen LogP contribution in [-0.4, -0.2) is 45.8 Å². The first-order valence-corrected chi connectivity index (χ1v) is 12.0. The van der Waals surface area contributed by atoms with Gasteiger partial charge < -0.3 is 9.64 Å². The zero-order chi connectivity index (χ0) is 23.4. The fourth-order valence-corrected chi connectivity index (χ4v) is 5.28. The van der Waals surface area contributed by atoms with E-state index in [-0.39, 0.29) is 17.2 Å². The van der Waals surface area contributed by atoms with Gasteiger partial charge in [-0.2, -0.15) is 5.26 Å². The van der Waals surface area contributed by atoms with E-state index in [1.807, 2.05) is 18.2 Å². The maximum Gasteiger partial charge on any atom is 0.266 e. The number of aromatic nitrogens is 2. The molecule has 0 atom stereocenters. The quantitative estimate of drug-likeness (QED) is 0.404. The Balaban J connectivity index is 1.71. The molecule has 33 heavy (non-hydrogen) atoms. The van der Waals surface area contributed by atoms with E-state index < -0.39 is 5.54 Å². The molecule has 170 valence electrons. The molecule has 8 heteroatoms. The molecule has 1 heterocycles. The van der Waals surface area contributed by atoms with Gasteiger partial charge in [-0.3, -0.25) is 14.2 Å². The Morgan fingerprint density at radius 2 is 1.88 bits per heavy atom. The van der Waals surface area contributed by atoms with Crippen LogP contribution in [0.2, 0.25) is 0 Å². The molecule has 0 spiro atoms. The van der Waals surface area contributed by atoms with Crippen LogP contribution in [0.5, 0.6) is 5.75 Å². The molecule has 3 aromatic rings. The number of nitriles is 1. The monoisotopic (exact) mass is 462 g/mol. The average Bonchev–Trinajstić information content (AvgIpc) is 2.87. The summed E-state index contributed by atoms with van der Waals surface area (Å²) < 4.78 is 6.98. The van der Waals surface area contributed by atoms with E-state index >= 15 is 0 Å². The minimum atomic E-state index is -0.755. The van der Waals surface area contributed by atoms with Gasteiger partial charge in [0.2, 0.25) is 5.91 Å². The third kappa shape index (κ3) is 4.33. The van der Waals surface area contributed by atoms with Gasteiger partial charge in [0.1, 0.15) is 11.3 Å². The van der Waals surface area contributed by atoms with E-state index in [9.17, 15) is 14.9 Å². The lowest BCUT2D eigenvalue weighted by atomic mass is 9.81. The molecule has 2 aromatic carbocycles. The summed E-state index contributed by atoms with van der Waals surface area (Å²) >= 11 is 1.20. The average molecular weight is 463 g/mol. The second-order valence-corrected chi connectivity index (χ2v) is 9.11. The van der Waals surface area contributed by atoms with E-state index in [1.165, 1.54) is 16.3 Å². The Morgan fingerprint density at radius 1 is 1.18 bits per heavy atom. The minimum absolute atomic E-state index is 0.0693. The van der Waals surface area contributed by atoms with Crippen molar-refractivity contribution in [1.29, 1.82) is 5.26 Å². The van der Waals surface area contributed by atoms with Crippen LogP contribution in [0.3, 0.4) is 0 Å². The van der Waals surface area contributed by atoms with Gasteiger partial charge in [0.15, 0.2) is 5.16 Å². The molecule has 1 saturated carbocycles. The number of hydrogen-bond donors (Lipinski definition) is 0. The van der Waals surface area contributed by atoms with Crippen LogP contribution < -0.4 is 10.3 Å². The molecule has 1 aliphatic rings. The number of hydrogen-bond acceptors (Lipinski definition) is 6. The van der Waals surface area contributed by atoms with Gasteiger partial charge in [0.05, 0.1) is 35.5 Å². The van der Waals surface area contributed by atoms with Gasteiger partial charge in [-0.05, 0) is 37.1 Å². The number of methoxy groups -OCH3 is 1. The smallest absolute Gasteiger partial charge is 0.266 e. The predicted octanol–water partition coefficient (Wildman–Crippen LogP) is 4.17. The molecular weight excluding hydrogens is 436 g/mol. The maximum atomic E-state index is 13.5. The second-order valence-electron chi connectivity index (χ2n) is 8.17. The number of rotatable bonds is 6. The molecule has 1 aliphatic carbocycles. The van der Waals surface area contributed by atoms with Gasteiger partial charge in [0.25, 0.3) is 5.56 Å². The van der Waals surface area contributed by atoms with E-state index in [0.717, 1.165) is 19.3 Å². The van der Waals surface area contributed by atoms with Gasteiger partial charge in [-0.15, -0.1) is 0 Å². The number of amides is 1. The number of carbonyl (C=O) groups is 1. The van der Waals surface area contributed by atoms with E-state index in [1.54, 1.807) is 49.4 Å². The molecule has 0 unspecified atom stereocenters. The molecule has 1 aromatic heterocycles. The summed E-state index contributed by atoms with van der Waals surface area (Å²) in [6, 6.07) is 16.8. The highest BCUT2D eigenvalue weighted by atomic mass is 32.2. The number of ether oxygens (including phenoxy) is 1. The molecule has 0 aliphatic heterocycles. The van der Waals surface area contributed by atoms with Crippen molar-refractivity contribution < 1.29 is 9.53 Å². The van der Waals surface area contributed by atoms with Crippen LogP contribution >= 0.6 is 11.8 Å². The van der Waals surface area contributed by atoms with Crippen molar-refractivity contribution in [3.63, 3.8) is 0 Å². The number of thioether (sulfide) groups is 1. The Kier molecular flexibility index (Phi) is 6.70. The van der Waals surface area contributed by atoms with Crippen molar-refractivity contribution in [3.8, 4) is 17.5 Å². The Morgan fingerprint density at radius 3 is 2.61 bits per heavy atom. The van der Waals surface area contributed by atoms with Crippen molar-refractivity contribution in [2.24, 2.45) is 0 Å². The fourth-order valence-electron chi connectivity index (χ4n) is 4.36. The molecule has 0 N–H and O–H groups in total. The molecule has 0 bridgehead atoms. The lowest BCUT2D eigenvalue weighted by Gasteiger charge is -2.39. The van der Waals surface area contributed by atoms with Crippen LogP contribution in [0, 0.1) is 11.3 Å². The summed E-state index contributed by atoms with van der Waals surface area (Å²) in [7, 11) is 3.26. The van der Waals surface area contributed by atoms with Crippen molar-refractivity contribution >= 4 is 28.6 Å². The Bertz CT molecular complexity index is 1270. The summed E-state index contributed by atoms with van der Waals surface area (Å²) in [4.78, 5) is 32.9. The van der Waals surface area contributed by atoms with Gasteiger partial charge >= 0.3 is 0 Å². The standard InChI is InChI=1S/C25H26N4O3S/c1-28(25(17-26)14-8-3-9-15-25)22(30)16-33-24-27-19-11-5-4-10-18(19)23(31)29(24)20-12-6-7-13-21(20)32-2/h4-7,10-13H,3,8-9,14-16H2,1-2H3. The molecule has 1 fully saturated rings. The minimum Gasteiger partial charge on any atom is -0.495 e. The number of fused-ring (bicyclic) bond motifs is 1. The summed E-state index contributed by atoms with van der Waals surface area (Å²) in [6.45, 7) is 0. The number of para-hydroxylation sites is 3. The molecule has 0 radical (unpaired) electrons. The third-order valence-electron chi connectivity index (χ3n) is 6.30. The summed E-state index contributed by atoms with van der Waals surface area (Å²) in [5.41, 5.74) is 0.147. The Hall–Kier alpha value is -3.31. The third-order valence-corrected chi connectivity index (χ3v) is 7.22. The van der Waals surface area contributed by atoms with Gasteiger partial charge in [-0.1, -0.05) is 55.3 Å². The van der Waals surface area contributed by atoms with Crippen LogP contribution in [0.1, 0.15) is 32.1 Å². The molecule has 7 nitrogen and oxygen atoms in total. The fraction of sp³-hybridized carbons (Fsp3) is 0.360. The first-order valence-electron chi connectivity index (χ1n) is 11.0. The molecule has 1 amide bonds. The van der Waals surface area contributed by atoms with Gasteiger partial charge in [0, 0.05) is 7.05 Å². The zero-order valence-corrected chi connectivity index (χ0v) is 19.6. The number of carbonyl (C=O) groups excluding carboxylic acids is 1. The van der Waals surface area contributed by atoms with Crippen molar-refractivity contribution in [2.45, 2.75) is 42.8 Å². The second kappa shape index (κ2) is 9.67. The van der Waals surface area contributed by atoms with Crippen molar-refractivity contribution in [3.05, 3.63) is 58.9 Å². The van der Waals surface area contributed by atoms with E-state index in [0.29, 0.717) is 40.3 Å². The topological polar surface area (TPSA) is 88.2 Å². The summed E-state index contributed by atoms with van der Waals surface area (Å²) in [5, 5.41) is 10.7. The number of benzene rings is 2. The van der Waals surface area contributed by atoms with Crippen LogP contribution in [0.4, 0.5) is 0 Å². The summed E-state index contributed by atoms with van der Waals surface area (Å²) in [6.07, 6.45) is 4.36. The van der Waals surface area contributed by atoms with Crippen molar-refractivity contribution in [1.82, 2.24) is 14.5 Å². The van der Waals surface area contributed by atoms with Crippen molar-refractivity contribution in [2.75, 3.05) is 19.9 Å². The van der Waals surface area contributed by atoms with E-state index in [2.05, 4.69) is 6.07 Å². The first-order chi connectivity index (χ1) is 16.0. The maximum absolute atomic E-state index is 13.5. The molecular formula is C25H26N4O3S. The highest BCUT2D eigenvalue weighted by Gasteiger charge is 2.38. The normalized spacial score (nSPS) is 15.1. The highest BCUT2D eigenvalue weighted by Crippen LogP contribution is 2.33. The first kappa shape index (κ1) is 22.9. The highest BCUT2D eigenvalue weighted by molar-refractivity contribution is 7.99. The lowest BCUT2D eigenvalue weighted by molar-refractivity contribution is -0.131. The predicted molar refractivity (Wildman–Crippen MR) is 129 cm³/mol. The van der Waals surface area contributed by atoms with Crippen LogP contribution in [0.25, 0.3) is 16.6 Å². The van der Waals surface area contributed by atoms with E-state index in [4.69, 9.17) is 9.72 Å². The number of nitrogens with zero attached hydrogens (tertiary/aromatic N) is 4. The zero-order valence-electron chi connectivity index (χ0n) is 18.8. The summed E-state index contributed by atoms with van der Waals surface area (Å²) in [5.74, 6) is 0.449. The lowest BCUT2D eigenvalue weighted by Crippen LogP contribution is -2.50. The molecule has 4 rings (SSSR count). The Labute approximate surface area is 197 Å². The van der Waals surface area contributed by atoms with Crippen LogP contribution in [0.15, 0.2) is 58.5 Å². The largest absolute Gasteiger partial charge is 0.495 e. The van der Waals surface area contributed by atoms with Gasteiger partial charge in [-0.25, -0.2) is 4.98 Å². The molecule has 0 saturated heterocycles.